The molecule has 2 N–H and O–H groups in total. The van der Waals surface area contributed by atoms with Gasteiger partial charge in [-0.15, -0.1) is 11.3 Å². The van der Waals surface area contributed by atoms with Gasteiger partial charge in [-0.25, -0.2) is 0 Å². The van der Waals surface area contributed by atoms with E-state index in [9.17, 15) is 19.7 Å². The van der Waals surface area contributed by atoms with Crippen LogP contribution in [0.2, 0.25) is 6.32 Å². The summed E-state index contributed by atoms with van der Waals surface area (Å²) in [5.41, 5.74) is 4.30. The van der Waals surface area contributed by atoms with E-state index in [0.29, 0.717) is 25.7 Å². The maximum Gasteiger partial charge on any atom is 0.455 e. The lowest BCUT2D eigenvalue weighted by Gasteiger charge is -2.44. The minimum atomic E-state index is -0.979. The molecule has 2 saturated heterocycles. The van der Waals surface area contributed by atoms with Crippen LogP contribution in [-0.4, -0.2) is 40.1 Å². The molecule has 0 unspecified atom stereocenters. The van der Waals surface area contributed by atoms with E-state index >= 15 is 0 Å². The number of fused-ring (bicyclic) bond motifs is 3. The van der Waals surface area contributed by atoms with Gasteiger partial charge in [-0.3, -0.25) is 14.5 Å². The molecule has 0 spiro atoms. The smallest absolute Gasteiger partial charge is 0.455 e. The average molecular weight is 626 g/mol. The van der Waals surface area contributed by atoms with Crippen LogP contribution in [0.3, 0.4) is 0 Å². The van der Waals surface area contributed by atoms with Gasteiger partial charge in [0.15, 0.2) is 0 Å². The summed E-state index contributed by atoms with van der Waals surface area (Å²) in [4.78, 5) is 29.8. The van der Waals surface area contributed by atoms with Crippen molar-refractivity contribution < 1.29 is 24.4 Å². The van der Waals surface area contributed by atoms with Crippen molar-refractivity contribution in [1.82, 2.24) is 4.90 Å². The van der Waals surface area contributed by atoms with Gasteiger partial charge in [0.1, 0.15) is 5.75 Å². The molecule has 9 heteroatoms. The number of phenolic OH excluding ortho intramolecular Hbond substituents is 1. The average Bonchev–Trinajstić information content (AvgIpc) is 3.51. The summed E-state index contributed by atoms with van der Waals surface area (Å²) >= 11 is 5.05. The van der Waals surface area contributed by atoms with E-state index in [1.54, 1.807) is 17.4 Å². The second kappa shape index (κ2) is 12.4. The molecule has 3 heterocycles. The van der Waals surface area contributed by atoms with E-state index in [4.69, 9.17) is 4.65 Å². The molecule has 4 atom stereocenters. The molecular formula is C31H37BBrNO5S. The van der Waals surface area contributed by atoms with Gasteiger partial charge >= 0.3 is 7.12 Å². The SMILES string of the molecule is CCC/C(=C\c1cc(Br)ccc1O)CC[C@H]1OB(O)C[C@H]2C1=C(C(C)C)C[C@H]1C(=O)N(Cc3cccs3)C(=O)[C@H]12. The Bertz CT molecular complexity index is 1320. The number of amides is 2. The predicted octanol–water partition coefficient (Wildman–Crippen LogP) is 6.83. The number of carbonyl (C=O) groups excluding carboxylic acids is 2. The molecule has 40 heavy (non-hydrogen) atoms. The predicted molar refractivity (Wildman–Crippen MR) is 162 cm³/mol. The van der Waals surface area contributed by atoms with Gasteiger partial charge in [-0.2, -0.15) is 0 Å². The fourth-order valence-electron chi connectivity index (χ4n) is 6.80. The highest BCUT2D eigenvalue weighted by atomic mass is 79.9. The van der Waals surface area contributed by atoms with Crippen LogP contribution in [0.15, 0.2) is 56.9 Å². The number of aromatic hydroxyl groups is 1. The van der Waals surface area contributed by atoms with E-state index in [1.165, 1.54) is 16.0 Å². The van der Waals surface area contributed by atoms with Gasteiger partial charge in [0.25, 0.3) is 0 Å². The van der Waals surface area contributed by atoms with Crippen molar-refractivity contribution in [3.8, 4) is 5.75 Å². The van der Waals surface area contributed by atoms with Crippen LogP contribution in [0, 0.1) is 23.7 Å². The highest BCUT2D eigenvalue weighted by molar-refractivity contribution is 9.10. The largest absolute Gasteiger partial charge is 0.507 e. The zero-order chi connectivity index (χ0) is 28.6. The lowest BCUT2D eigenvalue weighted by molar-refractivity contribution is -0.140. The zero-order valence-corrected chi connectivity index (χ0v) is 25.7. The van der Waals surface area contributed by atoms with Crippen LogP contribution in [0.1, 0.15) is 63.3 Å². The number of imide groups is 1. The molecule has 0 radical (unpaired) electrons. The third-order valence-corrected chi connectivity index (χ3v) is 9.93. The summed E-state index contributed by atoms with van der Waals surface area (Å²) in [5.74, 6) is -0.783. The standard InChI is InChI=1S/C31H37BBrNO5S/c1-4-6-19(13-20-14-21(33)9-10-26(20)35)8-11-27-28-23(18(2)3)15-24-29(25(28)16-32(38)39-27)31(37)34(30(24)36)17-22-7-5-12-40-22/h5,7,9-10,12-14,18,24-25,27,29,35,38H,4,6,8,11,15-17H2,1-3H3/b19-13+/t24-,25+,27-,29-/m1/s1. The molecule has 0 saturated carbocycles. The summed E-state index contributed by atoms with van der Waals surface area (Å²) in [7, 11) is -0.979. The number of likely N-dealkylation sites (tertiary alicyclic amines) is 1. The van der Waals surface area contributed by atoms with Gasteiger partial charge in [0, 0.05) is 14.9 Å². The highest BCUT2D eigenvalue weighted by Crippen LogP contribution is 2.52. The molecular weight excluding hydrogens is 589 g/mol. The Morgan fingerprint density at radius 1 is 1.23 bits per heavy atom. The lowest BCUT2D eigenvalue weighted by atomic mass is 9.57. The van der Waals surface area contributed by atoms with E-state index < -0.39 is 13.0 Å². The number of benzene rings is 1. The first-order valence-electron chi connectivity index (χ1n) is 14.3. The van der Waals surface area contributed by atoms with E-state index in [1.807, 2.05) is 29.6 Å². The number of hydrogen-bond acceptors (Lipinski definition) is 6. The number of nitrogens with zero attached hydrogens (tertiary/aromatic N) is 1. The number of carbonyl (C=O) groups is 2. The first kappa shape index (κ1) is 29.3. The van der Waals surface area contributed by atoms with Gasteiger partial charge in [0.05, 0.1) is 24.5 Å². The molecule has 212 valence electrons. The molecule has 6 nitrogen and oxygen atoms in total. The normalized spacial score (nSPS) is 25.2. The Kier molecular flexibility index (Phi) is 9.05. The Morgan fingerprint density at radius 3 is 2.73 bits per heavy atom. The van der Waals surface area contributed by atoms with E-state index in [-0.39, 0.29) is 41.4 Å². The molecule has 1 aliphatic carbocycles. The zero-order valence-electron chi connectivity index (χ0n) is 23.3. The fraction of sp³-hybridized carbons (Fsp3) is 0.484. The number of allylic oxidation sites excluding steroid dienone is 2. The summed E-state index contributed by atoms with van der Waals surface area (Å²) in [6.07, 6.45) is 5.89. The van der Waals surface area contributed by atoms with Crippen LogP contribution in [0.4, 0.5) is 0 Å². The molecule has 5 rings (SSSR count). The van der Waals surface area contributed by atoms with E-state index in [0.717, 1.165) is 39.7 Å². The highest BCUT2D eigenvalue weighted by Gasteiger charge is 2.57. The van der Waals surface area contributed by atoms with Crippen molar-refractivity contribution in [2.45, 2.75) is 71.8 Å². The van der Waals surface area contributed by atoms with Gasteiger partial charge in [-0.05, 0) is 79.1 Å². The van der Waals surface area contributed by atoms with Crippen molar-refractivity contribution in [1.29, 1.82) is 0 Å². The number of halogens is 1. The minimum Gasteiger partial charge on any atom is -0.507 e. The maximum atomic E-state index is 13.8. The minimum absolute atomic E-state index is 0.0832. The van der Waals surface area contributed by atoms with Gasteiger partial charge in [0.2, 0.25) is 11.8 Å². The number of rotatable bonds is 9. The first-order valence-corrected chi connectivity index (χ1v) is 16.0. The van der Waals surface area contributed by atoms with Crippen LogP contribution in [-0.2, 0) is 20.8 Å². The molecule has 2 fully saturated rings. The Hall–Kier alpha value is -2.20. The van der Waals surface area contributed by atoms with Crippen molar-refractivity contribution in [3.05, 3.63) is 67.3 Å². The third-order valence-electron chi connectivity index (χ3n) is 8.57. The first-order chi connectivity index (χ1) is 19.2. The maximum absolute atomic E-state index is 13.8. The molecule has 3 aliphatic rings. The van der Waals surface area contributed by atoms with E-state index in [2.05, 4.69) is 42.8 Å². The van der Waals surface area contributed by atoms with Gasteiger partial charge < -0.3 is 14.8 Å². The second-order valence-electron chi connectivity index (χ2n) is 11.5. The summed E-state index contributed by atoms with van der Waals surface area (Å²) in [6.45, 7) is 6.74. The topological polar surface area (TPSA) is 87.1 Å². The van der Waals surface area contributed by atoms with Crippen LogP contribution >= 0.6 is 27.3 Å². The molecule has 2 aromatic rings. The molecule has 2 amide bonds. The van der Waals surface area contributed by atoms with Crippen molar-refractivity contribution in [2.24, 2.45) is 23.7 Å². The molecule has 0 bridgehead atoms. The lowest BCUT2D eigenvalue weighted by Crippen LogP contribution is -2.46. The summed E-state index contributed by atoms with van der Waals surface area (Å²) < 4.78 is 7.09. The Balaban J connectivity index is 1.43. The molecule has 2 aliphatic heterocycles. The number of hydrogen-bond donors (Lipinski definition) is 2. The monoisotopic (exact) mass is 625 g/mol. The quantitative estimate of drug-likeness (QED) is 0.181. The van der Waals surface area contributed by atoms with Crippen LogP contribution in [0.5, 0.6) is 5.75 Å². The van der Waals surface area contributed by atoms with Crippen molar-refractivity contribution in [3.63, 3.8) is 0 Å². The Labute approximate surface area is 249 Å². The van der Waals surface area contributed by atoms with Crippen LogP contribution < -0.4 is 0 Å². The molecule has 1 aromatic carbocycles. The fourth-order valence-corrected chi connectivity index (χ4v) is 7.87. The molecule has 1 aromatic heterocycles. The van der Waals surface area contributed by atoms with Crippen molar-refractivity contribution >= 4 is 52.3 Å². The Morgan fingerprint density at radius 2 is 2.02 bits per heavy atom. The summed E-state index contributed by atoms with van der Waals surface area (Å²) in [5, 5.41) is 23.2. The van der Waals surface area contributed by atoms with Gasteiger partial charge in [-0.1, -0.05) is 66.4 Å². The third kappa shape index (κ3) is 5.89. The van der Waals surface area contributed by atoms with Crippen molar-refractivity contribution in [2.75, 3.05) is 0 Å². The number of thiophene rings is 1. The second-order valence-corrected chi connectivity index (χ2v) is 13.5. The summed E-state index contributed by atoms with van der Waals surface area (Å²) in [6, 6.07) is 9.31. The number of phenols is 1. The van der Waals surface area contributed by atoms with Crippen LogP contribution in [0.25, 0.3) is 6.08 Å².